The maximum Gasteiger partial charge on any atom is 0.235 e. The van der Waals surface area contributed by atoms with Gasteiger partial charge in [0, 0.05) is 29.0 Å². The lowest BCUT2D eigenvalue weighted by molar-refractivity contribution is -0.133. The van der Waals surface area contributed by atoms with Gasteiger partial charge in [0.1, 0.15) is 0 Å². The van der Waals surface area contributed by atoms with Crippen molar-refractivity contribution in [2.75, 3.05) is 13.1 Å². The van der Waals surface area contributed by atoms with E-state index in [0.717, 1.165) is 24.4 Å². The van der Waals surface area contributed by atoms with Crippen molar-refractivity contribution >= 4 is 41.7 Å². The zero-order valence-corrected chi connectivity index (χ0v) is 15.6. The van der Waals surface area contributed by atoms with Crippen molar-refractivity contribution in [1.82, 2.24) is 4.90 Å². The molecule has 1 aromatic rings. The molecule has 0 radical (unpaired) electrons. The van der Waals surface area contributed by atoms with Gasteiger partial charge in [-0.25, -0.2) is 0 Å². The van der Waals surface area contributed by atoms with E-state index < -0.39 is 0 Å². The van der Waals surface area contributed by atoms with Gasteiger partial charge >= 0.3 is 0 Å². The van der Waals surface area contributed by atoms with Crippen LogP contribution in [0.5, 0.6) is 0 Å². The molecule has 1 aromatic carbocycles. The SMILES string of the molecule is CC(Sc1ccc(Cl)cc1)C(=O)N1CCC(N)C(C)(C)C1.Cl. The molecule has 0 bridgehead atoms. The summed E-state index contributed by atoms with van der Waals surface area (Å²) in [7, 11) is 0. The third-order valence-corrected chi connectivity index (χ3v) is 5.45. The summed E-state index contributed by atoms with van der Waals surface area (Å²) in [6.45, 7) is 7.72. The van der Waals surface area contributed by atoms with Gasteiger partial charge in [0.2, 0.25) is 5.91 Å². The number of piperidine rings is 1. The summed E-state index contributed by atoms with van der Waals surface area (Å²) in [5.41, 5.74) is 6.12. The number of rotatable bonds is 3. The van der Waals surface area contributed by atoms with Crippen molar-refractivity contribution in [2.45, 2.75) is 43.4 Å². The standard InChI is InChI=1S/C16H23ClN2OS.ClH/c1-11(21-13-6-4-12(17)5-7-13)15(20)19-9-8-14(18)16(2,3)10-19;/h4-7,11,14H,8-10,18H2,1-3H3;1H. The van der Waals surface area contributed by atoms with E-state index in [2.05, 4.69) is 13.8 Å². The van der Waals surface area contributed by atoms with E-state index in [1.807, 2.05) is 36.1 Å². The molecule has 6 heteroatoms. The van der Waals surface area contributed by atoms with E-state index in [1.165, 1.54) is 0 Å². The van der Waals surface area contributed by atoms with Crippen LogP contribution >= 0.6 is 35.8 Å². The summed E-state index contributed by atoms with van der Waals surface area (Å²) < 4.78 is 0. The second kappa shape index (κ2) is 7.91. The van der Waals surface area contributed by atoms with Crippen LogP contribution in [0.25, 0.3) is 0 Å². The Balaban J connectivity index is 0.00000242. The van der Waals surface area contributed by atoms with Crippen LogP contribution in [0.15, 0.2) is 29.2 Å². The number of nitrogens with zero attached hydrogens (tertiary/aromatic N) is 1. The predicted octanol–water partition coefficient (Wildman–Crippen LogP) is 3.83. The van der Waals surface area contributed by atoms with Crippen LogP contribution < -0.4 is 5.73 Å². The minimum absolute atomic E-state index is 0. The number of benzene rings is 1. The second-order valence-corrected chi connectivity index (χ2v) is 8.21. The monoisotopic (exact) mass is 362 g/mol. The molecule has 0 saturated carbocycles. The molecule has 2 N–H and O–H groups in total. The molecular weight excluding hydrogens is 339 g/mol. The maximum absolute atomic E-state index is 12.6. The molecule has 0 spiro atoms. The lowest BCUT2D eigenvalue weighted by Gasteiger charge is -2.43. The van der Waals surface area contributed by atoms with Crippen LogP contribution in [0.4, 0.5) is 0 Å². The van der Waals surface area contributed by atoms with Crippen LogP contribution in [0.1, 0.15) is 27.2 Å². The van der Waals surface area contributed by atoms with E-state index in [1.54, 1.807) is 11.8 Å². The number of thioether (sulfide) groups is 1. The first-order valence-electron chi connectivity index (χ1n) is 7.26. The van der Waals surface area contributed by atoms with Crippen molar-refractivity contribution in [2.24, 2.45) is 11.1 Å². The van der Waals surface area contributed by atoms with Gasteiger partial charge in [-0.2, -0.15) is 0 Å². The third-order valence-electron chi connectivity index (χ3n) is 4.10. The topological polar surface area (TPSA) is 46.3 Å². The Morgan fingerprint density at radius 2 is 2.00 bits per heavy atom. The molecule has 1 heterocycles. The molecule has 2 unspecified atom stereocenters. The van der Waals surface area contributed by atoms with Crippen LogP contribution in [-0.4, -0.2) is 35.2 Å². The lowest BCUT2D eigenvalue weighted by atomic mass is 9.79. The smallest absolute Gasteiger partial charge is 0.235 e. The predicted molar refractivity (Wildman–Crippen MR) is 97.0 cm³/mol. The van der Waals surface area contributed by atoms with Crippen LogP contribution in [0.3, 0.4) is 0 Å². The number of amides is 1. The number of hydrogen-bond donors (Lipinski definition) is 1. The van der Waals surface area contributed by atoms with Crippen molar-refractivity contribution in [3.63, 3.8) is 0 Å². The summed E-state index contributed by atoms with van der Waals surface area (Å²) >= 11 is 7.46. The van der Waals surface area contributed by atoms with E-state index in [9.17, 15) is 4.79 Å². The first-order chi connectivity index (χ1) is 9.79. The van der Waals surface area contributed by atoms with Crippen molar-refractivity contribution in [3.8, 4) is 0 Å². The molecule has 2 rings (SSSR count). The molecule has 124 valence electrons. The Morgan fingerprint density at radius 1 is 1.41 bits per heavy atom. The average Bonchev–Trinajstić information content (AvgIpc) is 2.43. The minimum atomic E-state index is -0.101. The number of hydrogen-bond acceptors (Lipinski definition) is 3. The molecule has 1 aliphatic heterocycles. The number of nitrogens with two attached hydrogens (primary N) is 1. The lowest BCUT2D eigenvalue weighted by Crippen LogP contribution is -2.55. The van der Waals surface area contributed by atoms with Crippen molar-refractivity contribution in [3.05, 3.63) is 29.3 Å². The minimum Gasteiger partial charge on any atom is -0.341 e. The molecule has 3 nitrogen and oxygen atoms in total. The highest BCUT2D eigenvalue weighted by Gasteiger charge is 2.36. The molecule has 22 heavy (non-hydrogen) atoms. The highest BCUT2D eigenvalue weighted by Crippen LogP contribution is 2.31. The molecule has 1 amide bonds. The van der Waals surface area contributed by atoms with Gasteiger partial charge in [0.05, 0.1) is 5.25 Å². The largest absolute Gasteiger partial charge is 0.341 e. The number of carbonyl (C=O) groups is 1. The Hall–Kier alpha value is -0.420. The van der Waals surface area contributed by atoms with E-state index >= 15 is 0 Å². The summed E-state index contributed by atoms with van der Waals surface area (Å²) in [6.07, 6.45) is 0.872. The van der Waals surface area contributed by atoms with Gasteiger partial charge in [-0.1, -0.05) is 25.4 Å². The molecule has 1 saturated heterocycles. The molecule has 0 aliphatic carbocycles. The average molecular weight is 363 g/mol. The summed E-state index contributed by atoms with van der Waals surface area (Å²) in [5, 5.41) is 0.612. The normalized spacial score (nSPS) is 21.9. The third kappa shape index (κ3) is 4.79. The fraction of sp³-hybridized carbons (Fsp3) is 0.562. The Bertz CT molecular complexity index is 507. The zero-order chi connectivity index (χ0) is 15.6. The quantitative estimate of drug-likeness (QED) is 0.831. The molecule has 0 aromatic heterocycles. The van der Waals surface area contributed by atoms with E-state index in [4.69, 9.17) is 17.3 Å². The van der Waals surface area contributed by atoms with Gasteiger partial charge in [0.15, 0.2) is 0 Å². The fourth-order valence-electron chi connectivity index (χ4n) is 2.59. The maximum atomic E-state index is 12.6. The Kier molecular flexibility index (Phi) is 7.06. The molecule has 1 aliphatic rings. The fourth-order valence-corrected chi connectivity index (χ4v) is 3.66. The summed E-state index contributed by atoms with van der Waals surface area (Å²) in [4.78, 5) is 15.6. The first kappa shape index (κ1) is 19.6. The number of likely N-dealkylation sites (tertiary alicyclic amines) is 1. The van der Waals surface area contributed by atoms with Crippen LogP contribution in [-0.2, 0) is 4.79 Å². The first-order valence-corrected chi connectivity index (χ1v) is 8.52. The number of carbonyl (C=O) groups excluding carboxylic acids is 1. The highest BCUT2D eigenvalue weighted by molar-refractivity contribution is 8.00. The zero-order valence-electron chi connectivity index (χ0n) is 13.2. The van der Waals surface area contributed by atoms with Crippen molar-refractivity contribution in [1.29, 1.82) is 0 Å². The Morgan fingerprint density at radius 3 is 2.55 bits per heavy atom. The Labute approximate surface area is 148 Å². The molecule has 2 atom stereocenters. The van der Waals surface area contributed by atoms with Gasteiger partial charge in [-0.15, -0.1) is 24.2 Å². The van der Waals surface area contributed by atoms with Gasteiger partial charge in [0.25, 0.3) is 0 Å². The highest BCUT2D eigenvalue weighted by atomic mass is 35.5. The second-order valence-electron chi connectivity index (χ2n) is 6.36. The van der Waals surface area contributed by atoms with Crippen molar-refractivity contribution < 1.29 is 4.79 Å². The summed E-state index contributed by atoms with van der Waals surface area (Å²) in [5.74, 6) is 0.190. The van der Waals surface area contributed by atoms with Crippen LogP contribution in [0, 0.1) is 5.41 Å². The van der Waals surface area contributed by atoms with Gasteiger partial charge < -0.3 is 10.6 Å². The van der Waals surface area contributed by atoms with Gasteiger partial charge in [-0.3, -0.25) is 4.79 Å². The summed E-state index contributed by atoms with van der Waals surface area (Å²) in [6, 6.07) is 7.77. The van der Waals surface area contributed by atoms with E-state index in [-0.39, 0.29) is 35.0 Å². The number of halogens is 2. The van der Waals surface area contributed by atoms with E-state index in [0.29, 0.717) is 5.02 Å². The van der Waals surface area contributed by atoms with Crippen LogP contribution in [0.2, 0.25) is 5.02 Å². The van der Waals surface area contributed by atoms with Gasteiger partial charge in [-0.05, 0) is 43.0 Å². The molecule has 1 fully saturated rings. The molecular formula is C16H24Cl2N2OS.